The van der Waals surface area contributed by atoms with Crippen LogP contribution in [0.3, 0.4) is 0 Å². The van der Waals surface area contributed by atoms with Gasteiger partial charge < -0.3 is 16.0 Å². The van der Waals surface area contributed by atoms with Crippen LogP contribution in [0.25, 0.3) is 0 Å². The van der Waals surface area contributed by atoms with Crippen LogP contribution in [-0.2, 0) is 4.79 Å². The first-order valence-corrected chi connectivity index (χ1v) is 7.05. The summed E-state index contributed by atoms with van der Waals surface area (Å²) in [4.78, 5) is 11.7. The molecule has 5 heteroatoms. The quantitative estimate of drug-likeness (QED) is 0.726. The Kier molecular flexibility index (Phi) is 5.01. The average molecular weight is 312 g/mol. The third kappa shape index (κ3) is 3.99. The van der Waals surface area contributed by atoms with Gasteiger partial charge in [-0.2, -0.15) is 0 Å². The van der Waals surface area contributed by atoms with Gasteiger partial charge in [-0.25, -0.2) is 0 Å². The maximum Gasteiger partial charge on any atom is 0.237 e. The van der Waals surface area contributed by atoms with Crippen LogP contribution < -0.4 is 16.0 Å². The molecule has 1 saturated heterocycles. The smallest absolute Gasteiger partial charge is 0.237 e. The molecule has 1 aliphatic rings. The Bertz CT molecular complexity index is 405. The van der Waals surface area contributed by atoms with Gasteiger partial charge in [0.2, 0.25) is 5.91 Å². The van der Waals surface area contributed by atoms with Crippen molar-refractivity contribution in [2.75, 3.05) is 25.0 Å². The normalized spacial score (nSPS) is 18.6. The number of nitrogens with one attached hydrogen (secondary N) is 3. The number of amides is 1. The van der Waals surface area contributed by atoms with Gasteiger partial charge >= 0.3 is 0 Å². The second kappa shape index (κ2) is 6.75. The molecule has 1 amide bonds. The number of carbonyl (C=O) groups is 1. The molecule has 1 atom stereocenters. The second-order valence-electron chi connectivity index (χ2n) is 4.38. The summed E-state index contributed by atoms with van der Waals surface area (Å²) < 4.78 is 1.05. The predicted octanol–water partition coefficient (Wildman–Crippen LogP) is 1.73. The highest BCUT2D eigenvalue weighted by Crippen LogP contribution is 2.15. The van der Waals surface area contributed by atoms with Gasteiger partial charge in [0, 0.05) is 23.2 Å². The fourth-order valence-electron chi connectivity index (χ4n) is 2.02. The summed E-state index contributed by atoms with van der Waals surface area (Å²) >= 11 is 3.42. The Hall–Kier alpha value is -1.07. The Labute approximate surface area is 116 Å². The van der Waals surface area contributed by atoms with E-state index in [1.165, 1.54) is 0 Å². The van der Waals surface area contributed by atoms with Crippen LogP contribution in [0, 0.1) is 0 Å². The topological polar surface area (TPSA) is 53.2 Å². The van der Waals surface area contributed by atoms with Crippen molar-refractivity contribution in [2.45, 2.75) is 18.9 Å². The van der Waals surface area contributed by atoms with Crippen molar-refractivity contribution in [3.05, 3.63) is 28.7 Å². The Morgan fingerprint density at radius 1 is 1.44 bits per heavy atom. The van der Waals surface area contributed by atoms with Crippen molar-refractivity contribution < 1.29 is 4.79 Å². The maximum absolute atomic E-state index is 11.7. The lowest BCUT2D eigenvalue weighted by molar-refractivity contribution is -0.122. The van der Waals surface area contributed by atoms with E-state index in [2.05, 4.69) is 31.9 Å². The fourth-order valence-corrected chi connectivity index (χ4v) is 2.42. The van der Waals surface area contributed by atoms with Crippen LogP contribution in [0.15, 0.2) is 28.7 Å². The molecule has 98 valence electrons. The molecule has 1 aromatic carbocycles. The zero-order valence-corrected chi connectivity index (χ0v) is 11.8. The van der Waals surface area contributed by atoms with Crippen LogP contribution in [0.5, 0.6) is 0 Å². The largest absolute Gasteiger partial charge is 0.383 e. The average Bonchev–Trinajstić information content (AvgIpc) is 2.88. The molecular weight excluding hydrogens is 294 g/mol. The molecule has 4 nitrogen and oxygen atoms in total. The summed E-state index contributed by atoms with van der Waals surface area (Å²) in [7, 11) is 0. The zero-order valence-electron chi connectivity index (χ0n) is 10.2. The summed E-state index contributed by atoms with van der Waals surface area (Å²) in [5, 5.41) is 9.38. The highest BCUT2D eigenvalue weighted by Gasteiger charge is 2.20. The number of benzene rings is 1. The first-order valence-electron chi connectivity index (χ1n) is 6.26. The van der Waals surface area contributed by atoms with Crippen molar-refractivity contribution in [2.24, 2.45) is 0 Å². The molecule has 1 fully saturated rings. The number of anilines is 1. The molecule has 0 saturated carbocycles. The summed E-state index contributed by atoms with van der Waals surface area (Å²) in [6.07, 6.45) is 2.04. The Morgan fingerprint density at radius 2 is 2.33 bits per heavy atom. The number of hydrogen-bond donors (Lipinski definition) is 3. The van der Waals surface area contributed by atoms with E-state index in [-0.39, 0.29) is 11.9 Å². The first-order chi connectivity index (χ1) is 8.75. The summed E-state index contributed by atoms with van der Waals surface area (Å²) in [5.41, 5.74) is 1.05. The van der Waals surface area contributed by atoms with Crippen LogP contribution >= 0.6 is 15.9 Å². The number of hydrogen-bond acceptors (Lipinski definition) is 3. The minimum Gasteiger partial charge on any atom is -0.383 e. The van der Waals surface area contributed by atoms with Crippen LogP contribution in [0.4, 0.5) is 5.69 Å². The van der Waals surface area contributed by atoms with Gasteiger partial charge in [-0.05, 0) is 37.6 Å². The van der Waals surface area contributed by atoms with E-state index in [1.807, 2.05) is 24.3 Å². The van der Waals surface area contributed by atoms with Crippen molar-refractivity contribution in [3.8, 4) is 0 Å². The van der Waals surface area contributed by atoms with Crippen molar-refractivity contribution in [1.29, 1.82) is 0 Å². The zero-order chi connectivity index (χ0) is 12.8. The van der Waals surface area contributed by atoms with Gasteiger partial charge in [0.25, 0.3) is 0 Å². The third-order valence-corrected chi connectivity index (χ3v) is 3.45. The molecule has 3 N–H and O–H groups in total. The van der Waals surface area contributed by atoms with Gasteiger partial charge in [0.1, 0.15) is 0 Å². The molecule has 0 spiro atoms. The van der Waals surface area contributed by atoms with Crippen LogP contribution in [0.2, 0.25) is 0 Å². The SMILES string of the molecule is O=C(NCCNc1cccc(Br)c1)C1CCCN1. The number of carbonyl (C=O) groups excluding carboxylic acids is 1. The van der Waals surface area contributed by atoms with Gasteiger partial charge in [-0.1, -0.05) is 22.0 Å². The molecule has 1 aliphatic heterocycles. The van der Waals surface area contributed by atoms with Crippen molar-refractivity contribution >= 4 is 27.5 Å². The minimum absolute atomic E-state index is 0.0101. The molecule has 18 heavy (non-hydrogen) atoms. The van der Waals surface area contributed by atoms with Gasteiger partial charge in [0.05, 0.1) is 6.04 Å². The second-order valence-corrected chi connectivity index (χ2v) is 5.29. The molecular formula is C13H18BrN3O. The van der Waals surface area contributed by atoms with Gasteiger partial charge in [-0.3, -0.25) is 4.79 Å². The molecule has 0 radical (unpaired) electrons. The Morgan fingerprint density at radius 3 is 3.06 bits per heavy atom. The van der Waals surface area contributed by atoms with Crippen LogP contribution in [0.1, 0.15) is 12.8 Å². The van der Waals surface area contributed by atoms with E-state index in [4.69, 9.17) is 0 Å². The summed E-state index contributed by atoms with van der Waals surface area (Å²) in [6.45, 7) is 2.33. The van der Waals surface area contributed by atoms with E-state index < -0.39 is 0 Å². The standard InChI is InChI=1S/C13H18BrN3O/c14-10-3-1-4-11(9-10)15-7-8-17-13(18)12-5-2-6-16-12/h1,3-4,9,12,15-16H,2,5-8H2,(H,17,18). The maximum atomic E-state index is 11.7. The highest BCUT2D eigenvalue weighted by molar-refractivity contribution is 9.10. The summed E-state index contributed by atoms with van der Waals surface area (Å²) in [6, 6.07) is 7.99. The molecule has 1 aromatic rings. The van der Waals surface area contributed by atoms with Gasteiger partial charge in [0.15, 0.2) is 0 Å². The van der Waals surface area contributed by atoms with E-state index in [0.29, 0.717) is 6.54 Å². The number of halogens is 1. The number of rotatable bonds is 5. The van der Waals surface area contributed by atoms with E-state index in [1.54, 1.807) is 0 Å². The molecule has 0 aliphatic carbocycles. The van der Waals surface area contributed by atoms with E-state index in [0.717, 1.165) is 36.1 Å². The lowest BCUT2D eigenvalue weighted by Crippen LogP contribution is -2.42. The summed E-state index contributed by atoms with van der Waals surface area (Å²) in [5.74, 6) is 0.114. The van der Waals surface area contributed by atoms with E-state index in [9.17, 15) is 4.79 Å². The highest BCUT2D eigenvalue weighted by atomic mass is 79.9. The fraction of sp³-hybridized carbons (Fsp3) is 0.462. The molecule has 0 bridgehead atoms. The van der Waals surface area contributed by atoms with Crippen molar-refractivity contribution in [1.82, 2.24) is 10.6 Å². The molecule has 0 aromatic heterocycles. The third-order valence-electron chi connectivity index (χ3n) is 2.95. The Balaban J connectivity index is 1.65. The minimum atomic E-state index is 0.0101. The van der Waals surface area contributed by atoms with Crippen LogP contribution in [-0.4, -0.2) is 31.6 Å². The lowest BCUT2D eigenvalue weighted by atomic mass is 10.2. The predicted molar refractivity (Wildman–Crippen MR) is 76.7 cm³/mol. The monoisotopic (exact) mass is 311 g/mol. The lowest BCUT2D eigenvalue weighted by Gasteiger charge is -2.12. The molecule has 1 heterocycles. The van der Waals surface area contributed by atoms with Crippen molar-refractivity contribution in [3.63, 3.8) is 0 Å². The molecule has 1 unspecified atom stereocenters. The van der Waals surface area contributed by atoms with E-state index >= 15 is 0 Å². The first kappa shape index (κ1) is 13.4. The molecule has 2 rings (SSSR count). The van der Waals surface area contributed by atoms with Gasteiger partial charge in [-0.15, -0.1) is 0 Å².